The Morgan fingerprint density at radius 3 is 2.33 bits per heavy atom. The molecule has 2 N–H and O–H groups in total. The molecule has 30 heavy (non-hydrogen) atoms. The van der Waals surface area contributed by atoms with E-state index in [1.54, 1.807) is 7.05 Å². The van der Waals surface area contributed by atoms with Crippen LogP contribution in [0.4, 0.5) is 0 Å². The number of hydrogen-bond donors (Lipinski definition) is 2. The minimum Gasteiger partial charge on any atom is -0.493 e. The molecule has 0 saturated carbocycles. The van der Waals surface area contributed by atoms with Gasteiger partial charge < -0.3 is 20.3 Å². The molecule has 2 unspecified atom stereocenters. The van der Waals surface area contributed by atoms with Gasteiger partial charge in [-0.05, 0) is 44.6 Å². The number of guanidine groups is 1. The van der Waals surface area contributed by atoms with E-state index >= 15 is 0 Å². The molecule has 0 fully saturated rings. The summed E-state index contributed by atoms with van der Waals surface area (Å²) in [5, 5.41) is 11.2. The molecule has 0 saturated heterocycles. The third-order valence-corrected chi connectivity index (χ3v) is 4.74. The summed E-state index contributed by atoms with van der Waals surface area (Å²) < 4.78 is 7.60. The number of ether oxygens (including phenoxy) is 1. The first-order chi connectivity index (χ1) is 13.8. The molecule has 2 rings (SSSR count). The molecule has 0 bridgehead atoms. The van der Waals surface area contributed by atoms with Crippen molar-refractivity contribution in [2.75, 3.05) is 34.3 Å². The smallest absolute Gasteiger partial charge is 0.191 e. The lowest BCUT2D eigenvalue weighted by Gasteiger charge is -2.25. The number of nitrogens with zero attached hydrogens (tertiary/aromatic N) is 4. The maximum Gasteiger partial charge on any atom is 0.191 e. The number of benzene rings is 1. The molecule has 1 aromatic heterocycles. The first-order valence-electron chi connectivity index (χ1n) is 10.1. The van der Waals surface area contributed by atoms with E-state index in [0.29, 0.717) is 5.92 Å². The molecule has 7 nitrogen and oxygen atoms in total. The standard InChI is InChI=1S/C22H36N6O.HI/c1-16(2)15-29-20-10-8-18(9-11-20)17(3)26-22(23-4)24-13-21(27(5)6)19-12-25-28(7)14-19;/h8-12,14,16-17,21H,13,15H2,1-7H3,(H2,23,24,26);1H. The highest BCUT2D eigenvalue weighted by Crippen LogP contribution is 2.19. The highest BCUT2D eigenvalue weighted by Gasteiger charge is 2.17. The van der Waals surface area contributed by atoms with Gasteiger partial charge in [0.05, 0.1) is 24.9 Å². The Morgan fingerprint density at radius 2 is 1.83 bits per heavy atom. The Balaban J connectivity index is 0.00000450. The molecule has 0 spiro atoms. The fraction of sp³-hybridized carbons (Fsp3) is 0.545. The number of aliphatic imine (C=N–C) groups is 1. The van der Waals surface area contributed by atoms with E-state index in [-0.39, 0.29) is 36.1 Å². The Labute approximate surface area is 198 Å². The molecule has 2 aromatic rings. The van der Waals surface area contributed by atoms with Crippen LogP contribution in [0.1, 0.15) is 44.0 Å². The summed E-state index contributed by atoms with van der Waals surface area (Å²) in [4.78, 5) is 6.56. The second-order valence-electron chi connectivity index (χ2n) is 8.02. The number of hydrogen-bond acceptors (Lipinski definition) is 4. The first-order valence-corrected chi connectivity index (χ1v) is 10.1. The summed E-state index contributed by atoms with van der Waals surface area (Å²) >= 11 is 0. The van der Waals surface area contributed by atoms with E-state index in [4.69, 9.17) is 4.74 Å². The number of halogens is 1. The van der Waals surface area contributed by atoms with Gasteiger partial charge in [0.25, 0.3) is 0 Å². The van der Waals surface area contributed by atoms with Crippen LogP contribution in [0.3, 0.4) is 0 Å². The van der Waals surface area contributed by atoms with Gasteiger partial charge in [-0.2, -0.15) is 5.10 Å². The molecule has 0 amide bonds. The molecule has 0 aliphatic carbocycles. The zero-order valence-corrected chi connectivity index (χ0v) is 21.5. The lowest BCUT2D eigenvalue weighted by Crippen LogP contribution is -2.42. The fourth-order valence-corrected chi connectivity index (χ4v) is 3.00. The predicted octanol–water partition coefficient (Wildman–Crippen LogP) is 3.60. The van der Waals surface area contributed by atoms with Crippen LogP contribution in [0.25, 0.3) is 0 Å². The fourth-order valence-electron chi connectivity index (χ4n) is 3.00. The second-order valence-corrected chi connectivity index (χ2v) is 8.02. The van der Waals surface area contributed by atoms with Crippen molar-refractivity contribution in [3.63, 3.8) is 0 Å². The molecule has 0 aliphatic heterocycles. The van der Waals surface area contributed by atoms with E-state index in [2.05, 4.69) is 72.6 Å². The lowest BCUT2D eigenvalue weighted by molar-refractivity contribution is 0.271. The first kappa shape index (κ1) is 26.2. The van der Waals surface area contributed by atoms with Gasteiger partial charge in [0.1, 0.15) is 5.75 Å². The van der Waals surface area contributed by atoms with Gasteiger partial charge in [-0.25, -0.2) is 0 Å². The van der Waals surface area contributed by atoms with Crippen molar-refractivity contribution in [1.82, 2.24) is 25.3 Å². The zero-order chi connectivity index (χ0) is 21.4. The normalized spacial score (nSPS) is 13.7. The van der Waals surface area contributed by atoms with E-state index < -0.39 is 0 Å². The van der Waals surface area contributed by atoms with Crippen LogP contribution in [-0.4, -0.2) is 54.9 Å². The molecule has 0 aliphatic rings. The molecule has 1 aromatic carbocycles. The largest absolute Gasteiger partial charge is 0.493 e. The van der Waals surface area contributed by atoms with Gasteiger partial charge in [-0.1, -0.05) is 26.0 Å². The molecule has 168 valence electrons. The van der Waals surface area contributed by atoms with Gasteiger partial charge in [0, 0.05) is 32.4 Å². The van der Waals surface area contributed by atoms with Gasteiger partial charge in [-0.15, -0.1) is 24.0 Å². The topological polar surface area (TPSA) is 66.7 Å². The van der Waals surface area contributed by atoms with Crippen LogP contribution in [0.5, 0.6) is 5.75 Å². The average molecular weight is 528 g/mol. The molecular weight excluding hydrogens is 491 g/mol. The maximum absolute atomic E-state index is 5.77. The molecule has 8 heteroatoms. The highest BCUT2D eigenvalue weighted by molar-refractivity contribution is 14.0. The van der Waals surface area contributed by atoms with Crippen molar-refractivity contribution in [2.24, 2.45) is 18.0 Å². The van der Waals surface area contributed by atoms with Crippen molar-refractivity contribution in [2.45, 2.75) is 32.9 Å². The summed E-state index contributed by atoms with van der Waals surface area (Å²) in [5.74, 6) is 2.19. The predicted molar refractivity (Wildman–Crippen MR) is 135 cm³/mol. The van der Waals surface area contributed by atoms with E-state index in [9.17, 15) is 0 Å². The Morgan fingerprint density at radius 1 is 1.17 bits per heavy atom. The van der Waals surface area contributed by atoms with E-state index in [0.717, 1.165) is 24.9 Å². The van der Waals surface area contributed by atoms with Crippen LogP contribution >= 0.6 is 24.0 Å². The van der Waals surface area contributed by atoms with Crippen molar-refractivity contribution >= 4 is 29.9 Å². The molecule has 1 heterocycles. The Bertz CT molecular complexity index is 772. The van der Waals surface area contributed by atoms with Gasteiger partial charge in [-0.3, -0.25) is 9.67 Å². The summed E-state index contributed by atoms with van der Waals surface area (Å²) in [6.45, 7) is 7.88. The van der Waals surface area contributed by atoms with E-state index in [1.807, 2.05) is 36.3 Å². The van der Waals surface area contributed by atoms with Crippen LogP contribution in [0.15, 0.2) is 41.7 Å². The van der Waals surface area contributed by atoms with Crippen LogP contribution < -0.4 is 15.4 Å². The summed E-state index contributed by atoms with van der Waals surface area (Å²) in [6.07, 6.45) is 3.96. The minimum absolute atomic E-state index is 0. The van der Waals surface area contributed by atoms with Crippen molar-refractivity contribution in [3.8, 4) is 5.75 Å². The number of nitrogens with one attached hydrogen (secondary N) is 2. The van der Waals surface area contributed by atoms with Crippen molar-refractivity contribution < 1.29 is 4.74 Å². The number of rotatable bonds is 9. The van der Waals surface area contributed by atoms with Crippen molar-refractivity contribution in [1.29, 1.82) is 0 Å². The minimum atomic E-state index is 0. The third kappa shape index (κ3) is 8.14. The number of likely N-dealkylation sites (N-methyl/N-ethyl adjacent to an activating group) is 1. The molecule has 0 radical (unpaired) electrons. The van der Waals surface area contributed by atoms with Crippen LogP contribution in [0, 0.1) is 5.92 Å². The quantitative estimate of drug-likeness (QED) is 0.296. The molecular formula is C22H37IN6O. The lowest BCUT2D eigenvalue weighted by atomic mass is 10.1. The van der Waals surface area contributed by atoms with Gasteiger partial charge in [0.15, 0.2) is 5.96 Å². The summed E-state index contributed by atoms with van der Waals surface area (Å²) in [5.41, 5.74) is 2.35. The van der Waals surface area contributed by atoms with Gasteiger partial charge in [0.2, 0.25) is 0 Å². The SMILES string of the molecule is CN=C(NCC(c1cnn(C)c1)N(C)C)NC(C)c1ccc(OCC(C)C)cc1.I. The van der Waals surface area contributed by atoms with Crippen LogP contribution in [-0.2, 0) is 7.05 Å². The third-order valence-electron chi connectivity index (χ3n) is 4.74. The number of aromatic nitrogens is 2. The summed E-state index contributed by atoms with van der Waals surface area (Å²) in [7, 11) is 7.87. The monoisotopic (exact) mass is 528 g/mol. The van der Waals surface area contributed by atoms with Crippen molar-refractivity contribution in [3.05, 3.63) is 47.8 Å². The second kappa shape index (κ2) is 12.8. The molecule has 2 atom stereocenters. The zero-order valence-electron chi connectivity index (χ0n) is 19.2. The summed E-state index contributed by atoms with van der Waals surface area (Å²) in [6, 6.07) is 8.57. The van der Waals surface area contributed by atoms with Crippen LogP contribution in [0.2, 0.25) is 0 Å². The van der Waals surface area contributed by atoms with E-state index in [1.165, 1.54) is 11.1 Å². The highest BCUT2D eigenvalue weighted by atomic mass is 127. The number of aryl methyl sites for hydroxylation is 1. The Kier molecular flexibility index (Phi) is 11.2. The average Bonchev–Trinajstić information content (AvgIpc) is 3.11. The maximum atomic E-state index is 5.77. The van der Waals surface area contributed by atoms with Gasteiger partial charge >= 0.3 is 0 Å². The Hall–Kier alpha value is -1.81.